The SMILES string of the molecule is CCn1c(-c2ccccc2)c(/N=N/c2sc(C)c(C)[n+]2CC)c2ccccc21.[Br-]. The van der Waals surface area contributed by atoms with Crippen LogP contribution in [0.25, 0.3) is 22.2 Å². The van der Waals surface area contributed by atoms with Gasteiger partial charge in [-0.05, 0) is 50.2 Å². The molecule has 0 aliphatic carbocycles. The van der Waals surface area contributed by atoms with E-state index >= 15 is 0 Å². The molecule has 2 heterocycles. The number of hydrogen-bond donors (Lipinski definition) is 0. The molecule has 0 spiro atoms. The first-order valence-corrected chi connectivity index (χ1v) is 10.6. The molecule has 2 aromatic carbocycles. The van der Waals surface area contributed by atoms with E-state index in [1.807, 2.05) is 6.07 Å². The molecule has 150 valence electrons. The van der Waals surface area contributed by atoms with E-state index < -0.39 is 0 Å². The molecule has 0 fully saturated rings. The summed E-state index contributed by atoms with van der Waals surface area (Å²) in [6.07, 6.45) is 0. The maximum atomic E-state index is 4.81. The molecule has 29 heavy (non-hydrogen) atoms. The first-order valence-electron chi connectivity index (χ1n) is 9.73. The number of fused-ring (bicyclic) bond motifs is 1. The van der Waals surface area contributed by atoms with Crippen LogP contribution in [0.3, 0.4) is 0 Å². The largest absolute Gasteiger partial charge is 1.00 e. The Labute approximate surface area is 186 Å². The normalized spacial score (nSPS) is 11.3. The predicted octanol–water partition coefficient (Wildman–Crippen LogP) is 3.73. The number of aryl methyl sites for hydroxylation is 2. The van der Waals surface area contributed by atoms with Gasteiger partial charge in [-0.25, -0.2) is 4.57 Å². The third kappa shape index (κ3) is 3.79. The summed E-state index contributed by atoms with van der Waals surface area (Å²) < 4.78 is 4.56. The zero-order chi connectivity index (χ0) is 19.7. The Kier molecular flexibility index (Phi) is 6.65. The van der Waals surface area contributed by atoms with Crippen LogP contribution in [0, 0.1) is 13.8 Å². The van der Waals surface area contributed by atoms with Crippen molar-refractivity contribution in [2.24, 2.45) is 10.2 Å². The van der Waals surface area contributed by atoms with Crippen LogP contribution in [0.2, 0.25) is 0 Å². The molecule has 0 aliphatic rings. The summed E-state index contributed by atoms with van der Waals surface area (Å²) in [7, 11) is 0. The number of para-hydroxylation sites is 1. The molecular formula is C23H25BrN4S. The second-order valence-corrected chi connectivity index (χ2v) is 7.98. The Bertz CT molecular complexity index is 1160. The van der Waals surface area contributed by atoms with Crippen molar-refractivity contribution in [3.05, 3.63) is 65.2 Å². The average molecular weight is 469 g/mol. The van der Waals surface area contributed by atoms with Crippen LogP contribution < -0.4 is 21.5 Å². The van der Waals surface area contributed by atoms with Gasteiger partial charge in [0.2, 0.25) is 0 Å². The zero-order valence-electron chi connectivity index (χ0n) is 17.2. The Morgan fingerprint density at radius 2 is 1.62 bits per heavy atom. The highest BCUT2D eigenvalue weighted by Gasteiger charge is 2.22. The van der Waals surface area contributed by atoms with Crippen LogP contribution in [0.1, 0.15) is 24.4 Å². The summed E-state index contributed by atoms with van der Waals surface area (Å²) in [5.41, 5.74) is 5.69. The lowest BCUT2D eigenvalue weighted by atomic mass is 10.1. The van der Waals surface area contributed by atoms with Gasteiger partial charge in [-0.15, -0.1) is 0 Å². The van der Waals surface area contributed by atoms with Crippen LogP contribution in [0.5, 0.6) is 0 Å². The van der Waals surface area contributed by atoms with Gasteiger partial charge in [0.05, 0.1) is 27.7 Å². The van der Waals surface area contributed by atoms with E-state index in [0.717, 1.165) is 40.6 Å². The van der Waals surface area contributed by atoms with Crippen LogP contribution in [-0.4, -0.2) is 4.57 Å². The second kappa shape index (κ2) is 9.01. The van der Waals surface area contributed by atoms with Gasteiger partial charge < -0.3 is 21.5 Å². The molecule has 0 unspecified atom stereocenters. The highest BCUT2D eigenvalue weighted by atomic mass is 79.9. The van der Waals surface area contributed by atoms with E-state index in [2.05, 4.69) is 85.4 Å². The molecule has 6 heteroatoms. The van der Waals surface area contributed by atoms with Gasteiger partial charge in [0.15, 0.2) is 0 Å². The summed E-state index contributed by atoms with van der Waals surface area (Å²) >= 11 is 1.70. The molecule has 0 atom stereocenters. The van der Waals surface area contributed by atoms with Crippen molar-refractivity contribution in [3.8, 4) is 11.3 Å². The van der Waals surface area contributed by atoms with Gasteiger partial charge in [0.1, 0.15) is 11.4 Å². The van der Waals surface area contributed by atoms with Crippen molar-refractivity contribution in [1.29, 1.82) is 0 Å². The van der Waals surface area contributed by atoms with Crippen molar-refractivity contribution in [3.63, 3.8) is 0 Å². The fraction of sp³-hybridized carbons (Fsp3) is 0.261. The number of rotatable bonds is 5. The van der Waals surface area contributed by atoms with Crippen LogP contribution in [-0.2, 0) is 13.1 Å². The predicted molar refractivity (Wildman–Crippen MR) is 117 cm³/mol. The van der Waals surface area contributed by atoms with Crippen molar-refractivity contribution < 1.29 is 21.5 Å². The molecule has 4 nitrogen and oxygen atoms in total. The topological polar surface area (TPSA) is 33.5 Å². The van der Waals surface area contributed by atoms with E-state index in [-0.39, 0.29) is 17.0 Å². The molecule has 4 rings (SSSR count). The number of benzene rings is 2. The van der Waals surface area contributed by atoms with Gasteiger partial charge in [0, 0.05) is 17.5 Å². The van der Waals surface area contributed by atoms with Crippen molar-refractivity contribution in [1.82, 2.24) is 4.57 Å². The molecule has 0 bridgehead atoms. The molecule has 0 N–H and O–H groups in total. The fourth-order valence-corrected chi connectivity index (χ4v) is 4.73. The third-order valence-electron chi connectivity index (χ3n) is 5.25. The van der Waals surface area contributed by atoms with E-state index in [0.29, 0.717) is 0 Å². The molecule has 2 aromatic heterocycles. The minimum atomic E-state index is 0. The third-order valence-corrected chi connectivity index (χ3v) is 6.34. The first kappa shape index (κ1) is 21.4. The number of azo groups is 1. The summed E-state index contributed by atoms with van der Waals surface area (Å²) in [6, 6.07) is 18.9. The lowest BCUT2D eigenvalue weighted by Gasteiger charge is -2.08. The van der Waals surface area contributed by atoms with E-state index in [9.17, 15) is 0 Å². The first-order chi connectivity index (χ1) is 13.7. The van der Waals surface area contributed by atoms with Crippen LogP contribution in [0.15, 0.2) is 64.8 Å². The van der Waals surface area contributed by atoms with E-state index in [1.165, 1.54) is 16.1 Å². The number of halogens is 1. The Hall–Kier alpha value is -2.31. The van der Waals surface area contributed by atoms with Crippen molar-refractivity contribution in [2.75, 3.05) is 0 Å². The van der Waals surface area contributed by atoms with E-state index in [4.69, 9.17) is 10.2 Å². The molecule has 0 saturated carbocycles. The average Bonchev–Trinajstić information content (AvgIpc) is 3.20. The molecule has 0 radical (unpaired) electrons. The van der Waals surface area contributed by atoms with Crippen LogP contribution >= 0.6 is 11.3 Å². The van der Waals surface area contributed by atoms with Gasteiger partial charge in [0.25, 0.3) is 0 Å². The second-order valence-electron chi connectivity index (χ2n) is 6.80. The minimum absolute atomic E-state index is 0. The smallest absolute Gasteiger partial charge is 0.408 e. The molecular weight excluding hydrogens is 444 g/mol. The van der Waals surface area contributed by atoms with Gasteiger partial charge in [-0.1, -0.05) is 48.5 Å². The maximum absolute atomic E-state index is 4.81. The molecule has 4 aromatic rings. The number of nitrogens with zero attached hydrogens (tertiary/aromatic N) is 4. The van der Waals surface area contributed by atoms with Crippen LogP contribution in [0.4, 0.5) is 10.8 Å². The summed E-state index contributed by atoms with van der Waals surface area (Å²) in [4.78, 5) is 1.29. The Morgan fingerprint density at radius 1 is 0.931 bits per heavy atom. The minimum Gasteiger partial charge on any atom is -1.00 e. The highest BCUT2D eigenvalue weighted by Crippen LogP contribution is 2.41. The molecule has 0 saturated heterocycles. The lowest BCUT2D eigenvalue weighted by molar-refractivity contribution is -0.682. The van der Waals surface area contributed by atoms with E-state index in [1.54, 1.807) is 11.3 Å². The molecule has 0 amide bonds. The maximum Gasteiger partial charge on any atom is 0.408 e. The summed E-state index contributed by atoms with van der Waals surface area (Å²) in [6.45, 7) is 10.4. The number of thiazole rings is 1. The summed E-state index contributed by atoms with van der Waals surface area (Å²) in [5.74, 6) is 0. The fourth-order valence-electron chi connectivity index (χ4n) is 3.74. The monoisotopic (exact) mass is 468 g/mol. The standard InChI is InChI=1S/C23H25N4S.BrH/c1-5-26-16(3)17(4)28-23(26)25-24-21-19-14-10-11-15-20(19)27(6-2)22(21)18-12-8-7-9-13-18;/h7-15H,5-6H2,1-4H3;1H/q+1;/p-1. The van der Waals surface area contributed by atoms with Gasteiger partial charge >= 0.3 is 5.13 Å². The highest BCUT2D eigenvalue weighted by molar-refractivity contribution is 7.14. The van der Waals surface area contributed by atoms with Gasteiger partial charge in [-0.3, -0.25) is 0 Å². The van der Waals surface area contributed by atoms with Crippen molar-refractivity contribution >= 4 is 33.1 Å². The Balaban J connectivity index is 0.00000240. The molecule has 0 aliphatic heterocycles. The van der Waals surface area contributed by atoms with Crippen molar-refractivity contribution in [2.45, 2.75) is 40.8 Å². The quantitative estimate of drug-likeness (QED) is 0.315. The lowest BCUT2D eigenvalue weighted by Crippen LogP contribution is -3.00. The zero-order valence-corrected chi connectivity index (χ0v) is 19.6. The number of hydrogen-bond acceptors (Lipinski definition) is 3. The van der Waals surface area contributed by atoms with Gasteiger partial charge in [-0.2, -0.15) is 0 Å². The number of aromatic nitrogens is 2. The summed E-state index contributed by atoms with van der Waals surface area (Å²) in [5, 5.41) is 11.6. The Morgan fingerprint density at radius 3 is 2.31 bits per heavy atom.